The van der Waals surface area contributed by atoms with E-state index >= 15 is 0 Å². The molecule has 1 fully saturated rings. The Kier molecular flexibility index (Phi) is 4.93. The molecule has 0 aliphatic carbocycles. The van der Waals surface area contributed by atoms with E-state index in [1.165, 1.54) is 11.1 Å². The number of morpholine rings is 1. The summed E-state index contributed by atoms with van der Waals surface area (Å²) < 4.78 is 5.51. The highest BCUT2D eigenvalue weighted by molar-refractivity contribution is 5.76. The molecule has 1 unspecified atom stereocenters. The first-order chi connectivity index (χ1) is 9.15. The van der Waals surface area contributed by atoms with Gasteiger partial charge < -0.3 is 15.4 Å². The molecule has 1 atom stereocenters. The summed E-state index contributed by atoms with van der Waals surface area (Å²) >= 11 is 0. The van der Waals surface area contributed by atoms with Crippen LogP contribution in [-0.4, -0.2) is 31.7 Å². The van der Waals surface area contributed by atoms with Crippen LogP contribution in [0.2, 0.25) is 0 Å². The second-order valence-corrected chi connectivity index (χ2v) is 5.10. The molecule has 2 N–H and O–H groups in total. The molecule has 0 bridgehead atoms. The number of carbonyl (C=O) groups excluding carboxylic acids is 1. The van der Waals surface area contributed by atoms with Gasteiger partial charge >= 0.3 is 0 Å². The molecule has 104 valence electrons. The van der Waals surface area contributed by atoms with Crippen molar-refractivity contribution in [3.63, 3.8) is 0 Å². The van der Waals surface area contributed by atoms with Crippen LogP contribution in [-0.2, 0) is 16.1 Å². The van der Waals surface area contributed by atoms with Crippen molar-refractivity contribution in [1.29, 1.82) is 0 Å². The summed E-state index contributed by atoms with van der Waals surface area (Å²) in [5, 5.41) is 6.17. The lowest BCUT2D eigenvalue weighted by molar-refractivity contribution is -0.124. The maximum absolute atomic E-state index is 11.8. The van der Waals surface area contributed by atoms with E-state index < -0.39 is 0 Å². The highest BCUT2D eigenvalue weighted by Crippen LogP contribution is 2.09. The molecule has 0 spiro atoms. The van der Waals surface area contributed by atoms with Gasteiger partial charge in [-0.15, -0.1) is 0 Å². The third kappa shape index (κ3) is 4.33. The third-order valence-corrected chi connectivity index (χ3v) is 3.48. The zero-order valence-corrected chi connectivity index (χ0v) is 11.7. The molecule has 1 aliphatic rings. The number of aryl methyl sites for hydroxylation is 2. The first-order valence-corrected chi connectivity index (χ1v) is 6.80. The van der Waals surface area contributed by atoms with Crippen LogP contribution in [0.1, 0.15) is 23.1 Å². The van der Waals surface area contributed by atoms with Crippen LogP contribution in [0.25, 0.3) is 0 Å². The monoisotopic (exact) mass is 262 g/mol. The van der Waals surface area contributed by atoms with Gasteiger partial charge in [-0.2, -0.15) is 0 Å². The summed E-state index contributed by atoms with van der Waals surface area (Å²) in [4.78, 5) is 11.8. The van der Waals surface area contributed by atoms with Crippen LogP contribution in [0, 0.1) is 13.8 Å². The first kappa shape index (κ1) is 14.0. The topological polar surface area (TPSA) is 50.4 Å². The minimum Gasteiger partial charge on any atom is -0.375 e. The Morgan fingerprint density at radius 1 is 1.42 bits per heavy atom. The standard InChI is InChI=1S/C15H22N2O2/c1-11-3-4-13(7-12(11)2)9-17-15(18)8-14-10-16-5-6-19-14/h3-4,7,14,16H,5-6,8-10H2,1-2H3,(H,17,18). The minimum absolute atomic E-state index is 0.00787. The number of nitrogens with one attached hydrogen (secondary N) is 2. The van der Waals surface area contributed by atoms with Crippen LogP contribution >= 0.6 is 0 Å². The van der Waals surface area contributed by atoms with E-state index in [-0.39, 0.29) is 12.0 Å². The van der Waals surface area contributed by atoms with Crippen LogP contribution in [0.15, 0.2) is 18.2 Å². The number of hydrogen-bond acceptors (Lipinski definition) is 3. The second-order valence-electron chi connectivity index (χ2n) is 5.10. The SMILES string of the molecule is Cc1ccc(CNC(=O)CC2CNCCO2)cc1C. The zero-order chi connectivity index (χ0) is 13.7. The zero-order valence-electron chi connectivity index (χ0n) is 11.7. The quantitative estimate of drug-likeness (QED) is 0.860. The van der Waals surface area contributed by atoms with E-state index in [1.807, 2.05) is 0 Å². The maximum atomic E-state index is 11.8. The lowest BCUT2D eigenvalue weighted by atomic mass is 10.1. The molecule has 1 aromatic rings. The van der Waals surface area contributed by atoms with Gasteiger partial charge in [-0.1, -0.05) is 18.2 Å². The second kappa shape index (κ2) is 6.68. The van der Waals surface area contributed by atoms with Gasteiger partial charge in [0.05, 0.1) is 19.1 Å². The van der Waals surface area contributed by atoms with Crippen molar-refractivity contribution < 1.29 is 9.53 Å². The molecule has 0 saturated carbocycles. The fourth-order valence-corrected chi connectivity index (χ4v) is 2.14. The fraction of sp³-hybridized carbons (Fsp3) is 0.533. The average molecular weight is 262 g/mol. The lowest BCUT2D eigenvalue weighted by Gasteiger charge is -2.23. The van der Waals surface area contributed by atoms with Crippen LogP contribution < -0.4 is 10.6 Å². The van der Waals surface area contributed by atoms with E-state index in [9.17, 15) is 4.79 Å². The number of amides is 1. The summed E-state index contributed by atoms with van der Waals surface area (Å²) in [5.41, 5.74) is 3.67. The van der Waals surface area contributed by atoms with Crippen molar-refractivity contribution in [3.8, 4) is 0 Å². The molecule has 0 radical (unpaired) electrons. The normalized spacial score (nSPS) is 19.2. The van der Waals surface area contributed by atoms with E-state index in [0.717, 1.165) is 18.7 Å². The molecule has 1 amide bonds. The molecule has 0 aromatic heterocycles. The predicted octanol–water partition coefficient (Wildman–Crippen LogP) is 1.30. The molecule has 4 nitrogen and oxygen atoms in total. The lowest BCUT2D eigenvalue weighted by Crippen LogP contribution is -2.41. The van der Waals surface area contributed by atoms with Crippen molar-refractivity contribution in [2.45, 2.75) is 32.9 Å². The number of rotatable bonds is 4. The number of benzene rings is 1. The van der Waals surface area contributed by atoms with Crippen LogP contribution in [0.5, 0.6) is 0 Å². The number of hydrogen-bond donors (Lipinski definition) is 2. The first-order valence-electron chi connectivity index (χ1n) is 6.80. The van der Waals surface area contributed by atoms with Gasteiger partial charge in [-0.3, -0.25) is 4.79 Å². The molecule has 1 heterocycles. The van der Waals surface area contributed by atoms with Gasteiger partial charge in [0.2, 0.25) is 5.91 Å². The number of ether oxygens (including phenoxy) is 1. The van der Waals surface area contributed by atoms with Gasteiger partial charge in [0, 0.05) is 19.6 Å². The van der Waals surface area contributed by atoms with Crippen LogP contribution in [0.3, 0.4) is 0 Å². The minimum atomic E-state index is 0.00787. The van der Waals surface area contributed by atoms with E-state index in [1.54, 1.807) is 0 Å². The Bertz CT molecular complexity index is 440. The summed E-state index contributed by atoms with van der Waals surface area (Å²) in [5.74, 6) is 0.0481. The molecule has 1 aliphatic heterocycles. The predicted molar refractivity (Wildman–Crippen MR) is 75.0 cm³/mol. The maximum Gasteiger partial charge on any atom is 0.222 e. The Hall–Kier alpha value is -1.39. The van der Waals surface area contributed by atoms with Crippen molar-refractivity contribution >= 4 is 5.91 Å². The van der Waals surface area contributed by atoms with Gasteiger partial charge in [-0.05, 0) is 30.5 Å². The Balaban J connectivity index is 1.77. The molecule has 1 aromatic carbocycles. The van der Waals surface area contributed by atoms with Gasteiger partial charge in [0.25, 0.3) is 0 Å². The molecular formula is C15H22N2O2. The van der Waals surface area contributed by atoms with Gasteiger partial charge in [0.1, 0.15) is 0 Å². The van der Waals surface area contributed by atoms with E-state index in [0.29, 0.717) is 19.6 Å². The van der Waals surface area contributed by atoms with Gasteiger partial charge in [0.15, 0.2) is 0 Å². The molecular weight excluding hydrogens is 240 g/mol. The average Bonchev–Trinajstić information content (AvgIpc) is 2.41. The summed E-state index contributed by atoms with van der Waals surface area (Å²) in [6, 6.07) is 6.26. The highest BCUT2D eigenvalue weighted by atomic mass is 16.5. The summed E-state index contributed by atoms with van der Waals surface area (Å²) in [6.45, 7) is 7.08. The Labute approximate surface area is 114 Å². The highest BCUT2D eigenvalue weighted by Gasteiger charge is 2.16. The Morgan fingerprint density at radius 2 is 2.26 bits per heavy atom. The number of carbonyl (C=O) groups is 1. The molecule has 4 heteroatoms. The van der Waals surface area contributed by atoms with Crippen molar-refractivity contribution in [3.05, 3.63) is 34.9 Å². The van der Waals surface area contributed by atoms with Crippen molar-refractivity contribution in [2.24, 2.45) is 0 Å². The summed E-state index contributed by atoms with van der Waals surface area (Å²) in [7, 11) is 0. The van der Waals surface area contributed by atoms with E-state index in [2.05, 4.69) is 42.7 Å². The third-order valence-electron chi connectivity index (χ3n) is 3.48. The smallest absolute Gasteiger partial charge is 0.222 e. The van der Waals surface area contributed by atoms with Gasteiger partial charge in [-0.25, -0.2) is 0 Å². The molecule has 1 saturated heterocycles. The largest absolute Gasteiger partial charge is 0.375 e. The Morgan fingerprint density at radius 3 is 2.95 bits per heavy atom. The van der Waals surface area contributed by atoms with E-state index in [4.69, 9.17) is 4.74 Å². The van der Waals surface area contributed by atoms with Crippen molar-refractivity contribution in [2.75, 3.05) is 19.7 Å². The fourth-order valence-electron chi connectivity index (χ4n) is 2.14. The van der Waals surface area contributed by atoms with Crippen molar-refractivity contribution in [1.82, 2.24) is 10.6 Å². The molecule has 19 heavy (non-hydrogen) atoms. The molecule has 2 rings (SSSR count). The summed E-state index contributed by atoms with van der Waals surface area (Å²) in [6.07, 6.45) is 0.436. The van der Waals surface area contributed by atoms with Crippen LogP contribution in [0.4, 0.5) is 0 Å².